The predicted octanol–water partition coefficient (Wildman–Crippen LogP) is 0.563. The van der Waals surface area contributed by atoms with Gasteiger partial charge in [-0.05, 0) is 13.3 Å². The van der Waals surface area contributed by atoms with Crippen molar-refractivity contribution in [2.45, 2.75) is 20.3 Å². The first-order chi connectivity index (χ1) is 8.01. The van der Waals surface area contributed by atoms with E-state index < -0.39 is 11.4 Å². The SMILES string of the molecule is C/C=C/C=C/C(=O)O.CCC(CO)(CO)CO. The molecule has 0 bridgehead atoms. The number of carboxylic acids is 1. The molecule has 0 atom stereocenters. The van der Waals surface area contributed by atoms with E-state index in [-0.39, 0.29) is 19.8 Å². The van der Waals surface area contributed by atoms with E-state index in [1.54, 1.807) is 12.2 Å². The maximum absolute atomic E-state index is 9.75. The summed E-state index contributed by atoms with van der Waals surface area (Å²) in [5, 5.41) is 34.0. The van der Waals surface area contributed by atoms with Gasteiger partial charge in [-0.25, -0.2) is 4.79 Å². The van der Waals surface area contributed by atoms with Crippen LogP contribution in [-0.2, 0) is 4.79 Å². The highest BCUT2D eigenvalue weighted by molar-refractivity contribution is 5.80. The van der Waals surface area contributed by atoms with Crippen molar-refractivity contribution in [3.8, 4) is 0 Å². The zero-order valence-electron chi connectivity index (χ0n) is 10.3. The Balaban J connectivity index is 0. The quantitative estimate of drug-likeness (QED) is 0.405. The summed E-state index contributed by atoms with van der Waals surface area (Å²) in [7, 11) is 0. The molecule has 0 unspecified atom stereocenters. The van der Waals surface area contributed by atoms with Crippen LogP contribution in [0.3, 0.4) is 0 Å². The topological polar surface area (TPSA) is 98.0 Å². The average Bonchev–Trinajstić information content (AvgIpc) is 2.34. The van der Waals surface area contributed by atoms with Crippen LogP contribution in [0.25, 0.3) is 0 Å². The Kier molecular flexibility index (Phi) is 12.1. The fraction of sp³-hybridized carbons (Fsp3) is 0.583. The number of rotatable bonds is 6. The van der Waals surface area contributed by atoms with Gasteiger partial charge in [0.15, 0.2) is 0 Å². The highest BCUT2D eigenvalue weighted by Gasteiger charge is 2.24. The van der Waals surface area contributed by atoms with Crippen LogP contribution in [0.15, 0.2) is 24.3 Å². The number of allylic oxidation sites excluding steroid dienone is 3. The lowest BCUT2D eigenvalue weighted by Crippen LogP contribution is -2.32. The van der Waals surface area contributed by atoms with Gasteiger partial charge in [0.2, 0.25) is 0 Å². The molecule has 0 aromatic carbocycles. The van der Waals surface area contributed by atoms with Crippen molar-refractivity contribution in [1.29, 1.82) is 0 Å². The lowest BCUT2D eigenvalue weighted by molar-refractivity contribution is -0.131. The van der Waals surface area contributed by atoms with Gasteiger partial charge in [-0.1, -0.05) is 25.2 Å². The molecule has 4 N–H and O–H groups in total. The largest absolute Gasteiger partial charge is 0.478 e. The van der Waals surface area contributed by atoms with E-state index in [0.29, 0.717) is 6.42 Å². The van der Waals surface area contributed by atoms with Crippen LogP contribution in [0.5, 0.6) is 0 Å². The number of carboxylic acid groups (broad SMARTS) is 1. The zero-order chi connectivity index (χ0) is 13.7. The minimum Gasteiger partial charge on any atom is -0.478 e. The molecule has 0 radical (unpaired) electrons. The summed E-state index contributed by atoms with van der Waals surface area (Å²) >= 11 is 0. The lowest BCUT2D eigenvalue weighted by Gasteiger charge is -2.24. The van der Waals surface area contributed by atoms with Crippen molar-refractivity contribution in [3.63, 3.8) is 0 Å². The van der Waals surface area contributed by atoms with Gasteiger partial charge in [-0.15, -0.1) is 0 Å². The van der Waals surface area contributed by atoms with Gasteiger partial charge in [0.05, 0.1) is 19.8 Å². The minimum absolute atomic E-state index is 0.156. The minimum atomic E-state index is -0.914. The number of carbonyl (C=O) groups is 1. The Hall–Kier alpha value is -1.17. The molecule has 0 saturated carbocycles. The maximum Gasteiger partial charge on any atom is 0.328 e. The molecule has 0 aromatic heterocycles. The van der Waals surface area contributed by atoms with Crippen molar-refractivity contribution in [1.82, 2.24) is 0 Å². The summed E-state index contributed by atoms with van der Waals surface area (Å²) in [6.07, 6.45) is 6.58. The Morgan fingerprint density at radius 1 is 1.12 bits per heavy atom. The fourth-order valence-corrected chi connectivity index (χ4v) is 0.734. The third-order valence-corrected chi connectivity index (χ3v) is 2.30. The normalized spacial score (nSPS) is 11.6. The number of hydrogen-bond acceptors (Lipinski definition) is 4. The van der Waals surface area contributed by atoms with Crippen LogP contribution in [0.1, 0.15) is 20.3 Å². The van der Waals surface area contributed by atoms with Gasteiger partial charge >= 0.3 is 5.97 Å². The Bertz CT molecular complexity index is 224. The van der Waals surface area contributed by atoms with Crippen molar-refractivity contribution >= 4 is 5.97 Å². The van der Waals surface area contributed by atoms with Crippen molar-refractivity contribution < 1.29 is 25.2 Å². The molecule has 0 aliphatic heterocycles. The van der Waals surface area contributed by atoms with Crippen LogP contribution in [0, 0.1) is 5.41 Å². The Morgan fingerprint density at radius 2 is 1.59 bits per heavy atom. The summed E-state index contributed by atoms with van der Waals surface area (Å²) in [6.45, 7) is 3.18. The second-order valence-electron chi connectivity index (χ2n) is 3.55. The molecule has 17 heavy (non-hydrogen) atoms. The molecule has 0 amide bonds. The first kappa shape index (κ1) is 18.2. The van der Waals surface area contributed by atoms with E-state index in [2.05, 4.69) is 0 Å². The van der Waals surface area contributed by atoms with E-state index >= 15 is 0 Å². The summed E-state index contributed by atoms with van der Waals surface area (Å²) < 4.78 is 0. The third kappa shape index (κ3) is 9.74. The lowest BCUT2D eigenvalue weighted by atomic mass is 9.88. The molecule has 0 rings (SSSR count). The predicted molar refractivity (Wildman–Crippen MR) is 65.6 cm³/mol. The standard InChI is InChI=1S/C6H14O3.C6H8O2/c1-2-6(3-7,4-8)5-9;1-2-3-4-5-6(7)8/h7-9H,2-5H2,1H3;2-5H,1H3,(H,7,8)/b;3-2+,5-4+. The van der Waals surface area contributed by atoms with Gasteiger partial charge in [-0.3, -0.25) is 0 Å². The molecular formula is C12H22O5. The summed E-state index contributed by atoms with van der Waals surface area (Å²) in [6, 6.07) is 0. The average molecular weight is 246 g/mol. The second kappa shape index (κ2) is 11.3. The van der Waals surface area contributed by atoms with Crippen LogP contribution in [-0.4, -0.2) is 46.2 Å². The van der Waals surface area contributed by atoms with E-state index in [0.717, 1.165) is 6.08 Å². The zero-order valence-corrected chi connectivity index (χ0v) is 10.3. The third-order valence-electron chi connectivity index (χ3n) is 2.30. The van der Waals surface area contributed by atoms with Crippen molar-refractivity contribution in [2.75, 3.05) is 19.8 Å². The molecule has 0 saturated heterocycles. The molecule has 0 heterocycles. The highest BCUT2D eigenvalue weighted by atomic mass is 16.4. The van der Waals surface area contributed by atoms with E-state index in [4.69, 9.17) is 20.4 Å². The van der Waals surface area contributed by atoms with Crippen LogP contribution < -0.4 is 0 Å². The molecule has 0 spiro atoms. The van der Waals surface area contributed by atoms with E-state index in [9.17, 15) is 4.79 Å². The first-order valence-electron chi connectivity index (χ1n) is 5.36. The molecule has 0 aliphatic carbocycles. The number of aliphatic carboxylic acids is 1. The van der Waals surface area contributed by atoms with Gasteiger partial charge in [0.25, 0.3) is 0 Å². The molecule has 100 valence electrons. The Labute approximate surface area is 102 Å². The van der Waals surface area contributed by atoms with Crippen molar-refractivity contribution in [2.24, 2.45) is 5.41 Å². The van der Waals surface area contributed by atoms with E-state index in [1.165, 1.54) is 6.08 Å². The van der Waals surface area contributed by atoms with Crippen LogP contribution in [0.2, 0.25) is 0 Å². The van der Waals surface area contributed by atoms with Crippen molar-refractivity contribution in [3.05, 3.63) is 24.3 Å². The summed E-state index contributed by atoms with van der Waals surface area (Å²) in [4.78, 5) is 9.75. The summed E-state index contributed by atoms with van der Waals surface area (Å²) in [5.41, 5.74) is -0.667. The Morgan fingerprint density at radius 3 is 1.76 bits per heavy atom. The molecule has 0 aliphatic rings. The van der Waals surface area contributed by atoms with E-state index in [1.807, 2.05) is 13.8 Å². The second-order valence-corrected chi connectivity index (χ2v) is 3.55. The number of hydrogen-bond donors (Lipinski definition) is 4. The monoisotopic (exact) mass is 246 g/mol. The van der Waals surface area contributed by atoms with Crippen LogP contribution in [0.4, 0.5) is 0 Å². The maximum atomic E-state index is 9.75. The van der Waals surface area contributed by atoms with Crippen LogP contribution >= 0.6 is 0 Å². The fourth-order valence-electron chi connectivity index (χ4n) is 0.734. The molecule has 5 nitrogen and oxygen atoms in total. The molecular weight excluding hydrogens is 224 g/mol. The highest BCUT2D eigenvalue weighted by Crippen LogP contribution is 2.18. The molecule has 0 aromatic rings. The molecule has 5 heteroatoms. The van der Waals surface area contributed by atoms with Gasteiger partial charge in [0.1, 0.15) is 0 Å². The first-order valence-corrected chi connectivity index (χ1v) is 5.36. The molecule has 0 fully saturated rings. The number of aliphatic hydroxyl groups is 3. The smallest absolute Gasteiger partial charge is 0.328 e. The number of aliphatic hydroxyl groups excluding tert-OH is 3. The van der Waals surface area contributed by atoms with Gasteiger partial charge in [-0.2, -0.15) is 0 Å². The van der Waals surface area contributed by atoms with Gasteiger partial charge in [0, 0.05) is 11.5 Å². The summed E-state index contributed by atoms with van der Waals surface area (Å²) in [5.74, 6) is -0.914. The van der Waals surface area contributed by atoms with Gasteiger partial charge < -0.3 is 20.4 Å².